The molecule has 0 aromatic heterocycles. The van der Waals surface area contributed by atoms with Gasteiger partial charge in [-0.1, -0.05) is 60.3 Å². The van der Waals surface area contributed by atoms with Crippen molar-refractivity contribution in [2.24, 2.45) is 0 Å². The number of aryl methyl sites for hydroxylation is 1. The molecule has 1 aliphatic rings. The average Bonchev–Trinajstić information content (AvgIpc) is 3.51. The van der Waals surface area contributed by atoms with E-state index in [0.29, 0.717) is 16.3 Å². The Kier molecular flexibility index (Phi) is 10.6. The molecule has 0 bridgehead atoms. The van der Waals surface area contributed by atoms with Crippen LogP contribution in [0, 0.1) is 6.92 Å². The molecule has 11 heteroatoms. The van der Waals surface area contributed by atoms with Crippen LogP contribution in [0.25, 0.3) is 0 Å². The fraction of sp³-hybridized carbons (Fsp3) is 0.375. The summed E-state index contributed by atoms with van der Waals surface area (Å²) in [4.78, 5) is 29.0. The van der Waals surface area contributed by atoms with Gasteiger partial charge in [0.2, 0.25) is 11.8 Å². The molecule has 0 aliphatic heterocycles. The quantitative estimate of drug-likeness (QED) is 0.291. The Morgan fingerprint density at radius 3 is 2.30 bits per heavy atom. The van der Waals surface area contributed by atoms with E-state index in [-0.39, 0.29) is 34.8 Å². The monoisotopic (exact) mass is 627 g/mol. The van der Waals surface area contributed by atoms with Gasteiger partial charge >= 0.3 is 0 Å². The number of sulfonamides is 1. The minimum atomic E-state index is -4.28. The van der Waals surface area contributed by atoms with E-state index in [2.05, 4.69) is 5.32 Å². The van der Waals surface area contributed by atoms with E-state index in [1.165, 1.54) is 37.3 Å². The number of hydrogen-bond donors (Lipinski definition) is 1. The number of halogens is 1. The number of nitrogens with zero attached hydrogens (tertiary/aromatic N) is 2. The van der Waals surface area contributed by atoms with E-state index in [0.717, 1.165) is 35.6 Å². The molecule has 1 saturated carbocycles. The Balaban J connectivity index is 1.76. The number of carbonyl (C=O) groups is 2. The highest BCUT2D eigenvalue weighted by atomic mass is 35.5. The number of nitrogens with one attached hydrogen (secondary N) is 1. The number of rotatable bonds is 12. The zero-order valence-electron chi connectivity index (χ0n) is 24.9. The van der Waals surface area contributed by atoms with Crippen molar-refractivity contribution in [1.82, 2.24) is 10.2 Å². The van der Waals surface area contributed by atoms with E-state index in [1.807, 2.05) is 6.92 Å². The maximum atomic E-state index is 14.2. The molecule has 1 N–H and O–H groups in total. The maximum absolute atomic E-state index is 14.2. The van der Waals surface area contributed by atoms with Crippen molar-refractivity contribution in [2.75, 3.05) is 25.1 Å². The summed E-state index contributed by atoms with van der Waals surface area (Å²) in [6.07, 6.45) is 3.84. The van der Waals surface area contributed by atoms with Crippen molar-refractivity contribution < 1.29 is 27.5 Å². The third-order valence-electron chi connectivity index (χ3n) is 7.71. The summed E-state index contributed by atoms with van der Waals surface area (Å²) in [7, 11) is -1.40. The normalized spacial score (nSPS) is 14.2. The van der Waals surface area contributed by atoms with Crippen LogP contribution in [0.2, 0.25) is 5.02 Å². The number of amides is 2. The number of hydrogen-bond acceptors (Lipinski definition) is 6. The summed E-state index contributed by atoms with van der Waals surface area (Å²) in [5.41, 5.74) is 1.63. The molecule has 0 unspecified atom stereocenters. The Hall–Kier alpha value is -3.76. The second kappa shape index (κ2) is 14.1. The van der Waals surface area contributed by atoms with Gasteiger partial charge in [0.15, 0.2) is 0 Å². The minimum Gasteiger partial charge on any atom is -0.497 e. The van der Waals surface area contributed by atoms with Crippen molar-refractivity contribution in [3.05, 3.63) is 82.9 Å². The Morgan fingerprint density at radius 1 is 1.00 bits per heavy atom. The standard InChI is InChI=1S/C32H38ClN3O6S/c1-22-13-16-27(17-14-22)43(39,40)36(29-19-26(41-3)15-18-30(29)42-4)21-31(37)35(20-24-9-5-8-12-28(24)33)23(2)32(38)34-25-10-6-7-11-25/h5,8-9,12-19,23,25H,6-7,10-11,20-21H2,1-4H3,(H,34,38)/t23-/m0/s1. The highest BCUT2D eigenvalue weighted by Crippen LogP contribution is 2.36. The van der Waals surface area contributed by atoms with Crippen LogP contribution < -0.4 is 19.1 Å². The molecule has 4 rings (SSSR count). The number of ether oxygens (including phenoxy) is 2. The molecule has 1 aliphatic carbocycles. The van der Waals surface area contributed by atoms with E-state index in [9.17, 15) is 18.0 Å². The first-order valence-corrected chi connectivity index (χ1v) is 16.0. The van der Waals surface area contributed by atoms with Crippen LogP contribution in [0.5, 0.6) is 11.5 Å². The molecule has 0 saturated heterocycles. The Labute approximate surface area is 258 Å². The van der Waals surface area contributed by atoms with Gasteiger partial charge < -0.3 is 19.7 Å². The first-order chi connectivity index (χ1) is 20.5. The molecule has 3 aromatic rings. The predicted molar refractivity (Wildman–Crippen MR) is 167 cm³/mol. The van der Waals surface area contributed by atoms with E-state index < -0.39 is 28.5 Å². The van der Waals surface area contributed by atoms with Gasteiger partial charge in [0.1, 0.15) is 24.1 Å². The third kappa shape index (κ3) is 7.61. The molecule has 0 radical (unpaired) electrons. The van der Waals surface area contributed by atoms with Crippen LogP contribution in [0.1, 0.15) is 43.7 Å². The predicted octanol–water partition coefficient (Wildman–Crippen LogP) is 5.34. The lowest BCUT2D eigenvalue weighted by Crippen LogP contribution is -2.52. The molecular weight excluding hydrogens is 590 g/mol. The van der Waals surface area contributed by atoms with Gasteiger partial charge in [0.05, 0.1) is 24.8 Å². The first kappa shape index (κ1) is 32.2. The summed E-state index contributed by atoms with van der Waals surface area (Å²) < 4.78 is 40.2. The molecule has 0 heterocycles. The number of methoxy groups -OCH3 is 2. The summed E-state index contributed by atoms with van der Waals surface area (Å²) in [6.45, 7) is 2.90. The SMILES string of the molecule is COc1ccc(OC)c(N(CC(=O)N(Cc2ccccc2Cl)[C@@H](C)C(=O)NC2CCCC2)S(=O)(=O)c2ccc(C)cc2)c1. The summed E-state index contributed by atoms with van der Waals surface area (Å²) in [6, 6.07) is 17.3. The molecule has 2 amide bonds. The molecular formula is C32H38ClN3O6S. The largest absolute Gasteiger partial charge is 0.497 e. The van der Waals surface area contributed by atoms with Gasteiger partial charge in [-0.05, 0) is 62.6 Å². The van der Waals surface area contributed by atoms with E-state index in [1.54, 1.807) is 55.5 Å². The Morgan fingerprint density at radius 2 is 1.67 bits per heavy atom. The second-order valence-electron chi connectivity index (χ2n) is 10.6. The molecule has 9 nitrogen and oxygen atoms in total. The van der Waals surface area contributed by atoms with Crippen LogP contribution >= 0.6 is 11.6 Å². The highest BCUT2D eigenvalue weighted by Gasteiger charge is 2.35. The molecule has 3 aromatic carbocycles. The van der Waals surface area contributed by atoms with Gasteiger partial charge in [-0.25, -0.2) is 8.42 Å². The Bertz CT molecular complexity index is 1540. The van der Waals surface area contributed by atoms with Crippen molar-refractivity contribution in [3.63, 3.8) is 0 Å². The van der Waals surface area contributed by atoms with E-state index >= 15 is 0 Å². The van der Waals surface area contributed by atoms with Gasteiger partial charge in [0.25, 0.3) is 10.0 Å². The van der Waals surface area contributed by atoms with Crippen LogP contribution in [-0.4, -0.2) is 58.0 Å². The smallest absolute Gasteiger partial charge is 0.264 e. The van der Waals surface area contributed by atoms with Crippen molar-refractivity contribution in [1.29, 1.82) is 0 Å². The van der Waals surface area contributed by atoms with Crippen molar-refractivity contribution in [3.8, 4) is 11.5 Å². The lowest BCUT2D eigenvalue weighted by molar-refractivity contribution is -0.139. The topological polar surface area (TPSA) is 105 Å². The summed E-state index contributed by atoms with van der Waals surface area (Å²) >= 11 is 6.46. The van der Waals surface area contributed by atoms with Gasteiger partial charge in [-0.15, -0.1) is 0 Å². The average molecular weight is 628 g/mol. The zero-order chi connectivity index (χ0) is 31.1. The third-order valence-corrected chi connectivity index (χ3v) is 9.85. The van der Waals surface area contributed by atoms with Gasteiger partial charge in [-0.3, -0.25) is 13.9 Å². The van der Waals surface area contributed by atoms with E-state index in [4.69, 9.17) is 21.1 Å². The molecule has 1 fully saturated rings. The first-order valence-electron chi connectivity index (χ1n) is 14.2. The lowest BCUT2D eigenvalue weighted by atomic mass is 10.1. The summed E-state index contributed by atoms with van der Waals surface area (Å²) in [5.74, 6) is -0.285. The molecule has 230 valence electrons. The highest BCUT2D eigenvalue weighted by molar-refractivity contribution is 7.92. The zero-order valence-corrected chi connectivity index (χ0v) is 26.5. The minimum absolute atomic E-state index is 0.000418. The van der Waals surface area contributed by atoms with Crippen molar-refractivity contribution >= 4 is 39.1 Å². The fourth-order valence-corrected chi connectivity index (χ4v) is 6.74. The van der Waals surface area contributed by atoms with Crippen LogP contribution in [0.15, 0.2) is 71.6 Å². The number of carbonyl (C=O) groups excluding carboxylic acids is 2. The molecule has 1 atom stereocenters. The molecule has 0 spiro atoms. The van der Waals surface area contributed by atoms with Gasteiger partial charge in [0, 0.05) is 23.7 Å². The van der Waals surface area contributed by atoms with Gasteiger partial charge in [-0.2, -0.15) is 0 Å². The van der Waals surface area contributed by atoms with Crippen LogP contribution in [0.3, 0.4) is 0 Å². The number of benzene rings is 3. The summed E-state index contributed by atoms with van der Waals surface area (Å²) in [5, 5.41) is 3.49. The number of anilines is 1. The van der Waals surface area contributed by atoms with Crippen molar-refractivity contribution in [2.45, 2.75) is 63.1 Å². The van der Waals surface area contributed by atoms with Crippen LogP contribution in [0.4, 0.5) is 5.69 Å². The lowest BCUT2D eigenvalue weighted by Gasteiger charge is -2.33. The van der Waals surface area contributed by atoms with Crippen LogP contribution in [-0.2, 0) is 26.2 Å². The maximum Gasteiger partial charge on any atom is 0.264 e. The second-order valence-corrected chi connectivity index (χ2v) is 12.9. The molecule has 43 heavy (non-hydrogen) atoms. The fourth-order valence-electron chi connectivity index (χ4n) is 5.13.